The lowest BCUT2D eigenvalue weighted by Gasteiger charge is -1.97. The van der Waals surface area contributed by atoms with Crippen molar-refractivity contribution in [2.45, 2.75) is 0 Å². The topological polar surface area (TPSA) is 17.1 Å². The Morgan fingerprint density at radius 1 is 1.45 bits per heavy atom. The van der Waals surface area contributed by atoms with Crippen LogP contribution in [0.1, 0.15) is 10.4 Å². The molecule has 0 aliphatic carbocycles. The predicted octanol–water partition coefficient (Wildman–Crippen LogP) is 2.84. The van der Waals surface area contributed by atoms with Crippen LogP contribution in [0.2, 0.25) is 5.02 Å². The number of rotatable bonds is 1. The fourth-order valence-electron chi connectivity index (χ4n) is 0.737. The van der Waals surface area contributed by atoms with Crippen molar-refractivity contribution >= 4 is 28.5 Å². The van der Waals surface area contributed by atoms with Gasteiger partial charge in [0.1, 0.15) is 0 Å². The summed E-state index contributed by atoms with van der Waals surface area (Å²) in [5.41, 5.74) is 0.585. The summed E-state index contributed by atoms with van der Waals surface area (Å²) >= 11 is 6.93. The van der Waals surface area contributed by atoms with E-state index in [-0.39, 0.29) is 5.12 Å². The number of halogens is 1. The van der Waals surface area contributed by atoms with Crippen LogP contribution in [0, 0.1) is 0 Å². The SMILES string of the molecule is CSC(=O)c1ccccc1Cl. The van der Waals surface area contributed by atoms with Crippen LogP contribution in [0.3, 0.4) is 0 Å². The minimum atomic E-state index is 0.00981. The summed E-state index contributed by atoms with van der Waals surface area (Å²) in [4.78, 5) is 11.1. The molecule has 0 amide bonds. The summed E-state index contributed by atoms with van der Waals surface area (Å²) in [6.07, 6.45) is 1.74. The Labute approximate surface area is 74.7 Å². The maximum absolute atomic E-state index is 11.1. The number of thioether (sulfide) groups is 1. The van der Waals surface area contributed by atoms with Gasteiger partial charge in [0.25, 0.3) is 0 Å². The summed E-state index contributed by atoms with van der Waals surface area (Å²) in [5, 5.41) is 0.530. The normalized spacial score (nSPS) is 9.64. The molecule has 0 spiro atoms. The van der Waals surface area contributed by atoms with Crippen LogP contribution in [0.15, 0.2) is 24.3 Å². The van der Waals surface area contributed by atoms with E-state index in [2.05, 4.69) is 0 Å². The summed E-state index contributed by atoms with van der Waals surface area (Å²) < 4.78 is 0. The summed E-state index contributed by atoms with van der Waals surface area (Å²) in [5.74, 6) is 0. The molecule has 0 radical (unpaired) electrons. The molecular weight excluding hydrogens is 180 g/mol. The zero-order valence-electron chi connectivity index (χ0n) is 6.00. The molecule has 0 fully saturated rings. The molecule has 0 aromatic heterocycles. The summed E-state index contributed by atoms with van der Waals surface area (Å²) in [6, 6.07) is 7.04. The van der Waals surface area contributed by atoms with Crippen molar-refractivity contribution in [3.05, 3.63) is 34.9 Å². The zero-order chi connectivity index (χ0) is 8.27. The third-order valence-electron chi connectivity index (χ3n) is 1.28. The van der Waals surface area contributed by atoms with Crippen molar-refractivity contribution in [3.8, 4) is 0 Å². The second-order valence-corrected chi connectivity index (χ2v) is 3.16. The van der Waals surface area contributed by atoms with Gasteiger partial charge in [-0.2, -0.15) is 0 Å². The molecule has 0 aliphatic heterocycles. The lowest BCUT2D eigenvalue weighted by Crippen LogP contribution is -1.91. The van der Waals surface area contributed by atoms with Gasteiger partial charge in [0.05, 0.1) is 5.02 Å². The van der Waals surface area contributed by atoms with Gasteiger partial charge in [-0.05, 0) is 18.4 Å². The third kappa shape index (κ3) is 1.98. The smallest absolute Gasteiger partial charge is 0.220 e. The zero-order valence-corrected chi connectivity index (χ0v) is 7.58. The van der Waals surface area contributed by atoms with E-state index in [9.17, 15) is 4.79 Å². The van der Waals surface area contributed by atoms with Crippen LogP contribution in [0.4, 0.5) is 0 Å². The van der Waals surface area contributed by atoms with Gasteiger partial charge in [-0.15, -0.1) is 0 Å². The lowest BCUT2D eigenvalue weighted by atomic mass is 10.2. The third-order valence-corrected chi connectivity index (χ3v) is 2.20. The van der Waals surface area contributed by atoms with Gasteiger partial charge >= 0.3 is 0 Å². The molecule has 0 unspecified atom stereocenters. The first kappa shape index (κ1) is 8.62. The molecule has 0 aliphatic rings. The summed E-state index contributed by atoms with van der Waals surface area (Å²) in [7, 11) is 0. The predicted molar refractivity (Wildman–Crippen MR) is 49.3 cm³/mol. The fourth-order valence-corrected chi connectivity index (χ4v) is 1.41. The first-order valence-electron chi connectivity index (χ1n) is 3.08. The number of carbonyl (C=O) groups is 1. The van der Waals surface area contributed by atoms with E-state index < -0.39 is 0 Å². The molecule has 1 aromatic carbocycles. The van der Waals surface area contributed by atoms with E-state index in [0.717, 1.165) is 0 Å². The lowest BCUT2D eigenvalue weighted by molar-refractivity contribution is 0.108. The van der Waals surface area contributed by atoms with Gasteiger partial charge in [0.2, 0.25) is 5.12 Å². The van der Waals surface area contributed by atoms with E-state index in [1.165, 1.54) is 11.8 Å². The highest BCUT2D eigenvalue weighted by Gasteiger charge is 2.06. The Hall–Kier alpha value is -0.470. The highest BCUT2D eigenvalue weighted by molar-refractivity contribution is 8.13. The van der Waals surface area contributed by atoms with E-state index in [1.54, 1.807) is 30.5 Å². The Morgan fingerprint density at radius 2 is 2.09 bits per heavy atom. The second-order valence-electron chi connectivity index (χ2n) is 1.97. The second kappa shape index (κ2) is 3.79. The van der Waals surface area contributed by atoms with Crippen molar-refractivity contribution in [1.29, 1.82) is 0 Å². The molecule has 3 heteroatoms. The summed E-state index contributed by atoms with van der Waals surface area (Å²) in [6.45, 7) is 0. The minimum Gasteiger partial charge on any atom is -0.282 e. The standard InChI is InChI=1S/C8H7ClOS/c1-11-8(10)6-4-2-3-5-7(6)9/h2-5H,1H3. The number of hydrogen-bond acceptors (Lipinski definition) is 2. The Balaban J connectivity index is 3.03. The quantitative estimate of drug-likeness (QED) is 0.671. The average Bonchev–Trinajstić information content (AvgIpc) is 2.04. The van der Waals surface area contributed by atoms with Crippen molar-refractivity contribution in [3.63, 3.8) is 0 Å². The molecular formula is C8H7ClOS. The van der Waals surface area contributed by atoms with Crippen LogP contribution in [-0.2, 0) is 0 Å². The van der Waals surface area contributed by atoms with Crippen LogP contribution >= 0.6 is 23.4 Å². The number of carbonyl (C=O) groups excluding carboxylic acids is 1. The van der Waals surface area contributed by atoms with Crippen molar-refractivity contribution < 1.29 is 4.79 Å². The van der Waals surface area contributed by atoms with Crippen LogP contribution in [-0.4, -0.2) is 11.4 Å². The van der Waals surface area contributed by atoms with E-state index in [1.807, 2.05) is 0 Å². The maximum atomic E-state index is 11.1. The van der Waals surface area contributed by atoms with Crippen LogP contribution in [0.25, 0.3) is 0 Å². The van der Waals surface area contributed by atoms with Gasteiger partial charge in [-0.3, -0.25) is 4.79 Å². The molecule has 1 aromatic rings. The molecule has 11 heavy (non-hydrogen) atoms. The molecule has 0 heterocycles. The van der Waals surface area contributed by atoms with Crippen LogP contribution < -0.4 is 0 Å². The average molecular weight is 187 g/mol. The van der Waals surface area contributed by atoms with Gasteiger partial charge < -0.3 is 0 Å². The maximum Gasteiger partial charge on any atom is 0.220 e. The Kier molecular flexibility index (Phi) is 2.97. The Bertz CT molecular complexity index is 273. The highest BCUT2D eigenvalue weighted by Crippen LogP contribution is 2.18. The van der Waals surface area contributed by atoms with Gasteiger partial charge in [0, 0.05) is 5.56 Å². The highest BCUT2D eigenvalue weighted by atomic mass is 35.5. The first-order chi connectivity index (χ1) is 5.25. The van der Waals surface area contributed by atoms with Crippen LogP contribution in [0.5, 0.6) is 0 Å². The molecule has 0 bridgehead atoms. The molecule has 0 saturated heterocycles. The monoisotopic (exact) mass is 186 g/mol. The Morgan fingerprint density at radius 3 is 2.64 bits per heavy atom. The first-order valence-corrected chi connectivity index (χ1v) is 4.69. The van der Waals surface area contributed by atoms with Gasteiger partial charge in [-0.1, -0.05) is 35.5 Å². The van der Waals surface area contributed by atoms with E-state index >= 15 is 0 Å². The molecule has 58 valence electrons. The van der Waals surface area contributed by atoms with Crippen molar-refractivity contribution in [2.24, 2.45) is 0 Å². The van der Waals surface area contributed by atoms with Gasteiger partial charge in [0.15, 0.2) is 0 Å². The largest absolute Gasteiger partial charge is 0.282 e. The molecule has 0 N–H and O–H groups in total. The van der Waals surface area contributed by atoms with E-state index in [0.29, 0.717) is 10.6 Å². The molecule has 1 nitrogen and oxygen atoms in total. The minimum absolute atomic E-state index is 0.00981. The molecule has 0 atom stereocenters. The van der Waals surface area contributed by atoms with Crippen molar-refractivity contribution in [1.82, 2.24) is 0 Å². The van der Waals surface area contributed by atoms with Crippen molar-refractivity contribution in [2.75, 3.05) is 6.26 Å². The number of benzene rings is 1. The molecule has 0 saturated carbocycles. The molecule has 1 rings (SSSR count). The number of hydrogen-bond donors (Lipinski definition) is 0. The fraction of sp³-hybridized carbons (Fsp3) is 0.125. The van der Waals surface area contributed by atoms with E-state index in [4.69, 9.17) is 11.6 Å². The van der Waals surface area contributed by atoms with Gasteiger partial charge in [-0.25, -0.2) is 0 Å².